The number of aromatic nitrogens is 1. The molecule has 4 aliphatic carbocycles. The van der Waals surface area contributed by atoms with Gasteiger partial charge in [-0.05, 0) is 73.0 Å². The number of nitrogens with two attached hydrogens (primary N) is 1. The van der Waals surface area contributed by atoms with Crippen LogP contribution in [0.5, 0.6) is 0 Å². The van der Waals surface area contributed by atoms with E-state index in [1.165, 1.54) is 43.2 Å². The summed E-state index contributed by atoms with van der Waals surface area (Å²) in [6.07, 6.45) is 18.7. The highest BCUT2D eigenvalue weighted by Crippen LogP contribution is 2.64. The molecule has 136 valence electrons. The topological polar surface area (TPSA) is 38.9 Å². The zero-order valence-corrected chi connectivity index (χ0v) is 16.0. The maximum atomic E-state index is 6.29. The summed E-state index contributed by atoms with van der Waals surface area (Å²) in [5.74, 6) is 1.48. The van der Waals surface area contributed by atoms with Gasteiger partial charge in [0.25, 0.3) is 0 Å². The summed E-state index contributed by atoms with van der Waals surface area (Å²) < 4.78 is 0. The van der Waals surface area contributed by atoms with E-state index in [1.54, 1.807) is 11.1 Å². The summed E-state index contributed by atoms with van der Waals surface area (Å²) in [5.41, 5.74) is 13.0. The summed E-state index contributed by atoms with van der Waals surface area (Å²) in [6.45, 7) is 5.01. The molecule has 4 aliphatic rings. The van der Waals surface area contributed by atoms with Crippen LogP contribution >= 0.6 is 0 Å². The Balaban J connectivity index is 1.50. The Morgan fingerprint density at radius 2 is 2.04 bits per heavy atom. The van der Waals surface area contributed by atoms with E-state index in [0.717, 1.165) is 12.3 Å². The zero-order valence-electron chi connectivity index (χ0n) is 16.0. The molecule has 2 N–H and O–H groups in total. The lowest BCUT2D eigenvalue weighted by atomic mass is 9.49. The molecule has 0 amide bonds. The lowest BCUT2D eigenvalue weighted by Crippen LogP contribution is -2.48. The number of nitrogens with zero attached hydrogens (tertiary/aromatic N) is 1. The van der Waals surface area contributed by atoms with E-state index in [0.29, 0.717) is 17.4 Å². The highest BCUT2D eigenvalue weighted by atomic mass is 14.7. The lowest BCUT2D eigenvalue weighted by molar-refractivity contribution is 0.0739. The number of hydrogen-bond acceptors (Lipinski definition) is 2. The Kier molecular flexibility index (Phi) is 3.59. The van der Waals surface area contributed by atoms with E-state index < -0.39 is 0 Å². The van der Waals surface area contributed by atoms with Gasteiger partial charge in [-0.1, -0.05) is 49.3 Å². The molecule has 1 aromatic rings. The Morgan fingerprint density at radius 1 is 1.15 bits per heavy atom. The molecule has 0 aromatic carbocycles. The molecule has 0 radical (unpaired) electrons. The molecule has 1 aromatic heterocycles. The molecule has 0 spiro atoms. The van der Waals surface area contributed by atoms with E-state index >= 15 is 0 Å². The van der Waals surface area contributed by atoms with Gasteiger partial charge >= 0.3 is 0 Å². The van der Waals surface area contributed by atoms with Crippen molar-refractivity contribution in [2.45, 2.75) is 58.4 Å². The summed E-state index contributed by atoms with van der Waals surface area (Å²) in [7, 11) is 0. The molecule has 2 saturated carbocycles. The van der Waals surface area contributed by atoms with E-state index in [-0.39, 0.29) is 5.41 Å². The van der Waals surface area contributed by atoms with E-state index in [1.807, 2.05) is 12.4 Å². The van der Waals surface area contributed by atoms with Gasteiger partial charge in [-0.25, -0.2) is 0 Å². The predicted molar refractivity (Wildman–Crippen MR) is 107 cm³/mol. The molecule has 26 heavy (non-hydrogen) atoms. The van der Waals surface area contributed by atoms with Crippen molar-refractivity contribution in [2.75, 3.05) is 0 Å². The van der Waals surface area contributed by atoms with Gasteiger partial charge < -0.3 is 5.73 Å². The van der Waals surface area contributed by atoms with Gasteiger partial charge in [-0.15, -0.1) is 0 Å². The first-order chi connectivity index (χ1) is 12.5. The molecule has 2 nitrogen and oxygen atoms in total. The van der Waals surface area contributed by atoms with Crippen LogP contribution in [0.1, 0.15) is 57.9 Å². The van der Waals surface area contributed by atoms with Crippen LogP contribution in [-0.4, -0.2) is 11.0 Å². The van der Waals surface area contributed by atoms with Crippen molar-refractivity contribution < 1.29 is 0 Å². The smallest absolute Gasteiger partial charge is 0.0343 e. The Bertz CT molecular complexity index is 818. The molecular weight excluding hydrogens is 316 g/mol. The molecule has 2 heteroatoms. The maximum Gasteiger partial charge on any atom is 0.0343 e. The second-order valence-electron chi connectivity index (χ2n) is 9.41. The maximum absolute atomic E-state index is 6.29. The average Bonchev–Trinajstić information content (AvgIpc) is 3.00. The SMILES string of the molecule is C[C@]12CC[C@H]3[C@@H](CC=C4C[C@H](N)CC[C@@]43C)C1=CC=C2c1cccnc1. The predicted octanol–water partition coefficient (Wildman–Crippen LogP) is 5.29. The molecule has 0 aliphatic heterocycles. The molecule has 1 heterocycles. The number of pyridine rings is 1. The van der Waals surface area contributed by atoms with Crippen molar-refractivity contribution in [2.24, 2.45) is 28.4 Å². The highest BCUT2D eigenvalue weighted by Gasteiger charge is 2.54. The van der Waals surface area contributed by atoms with Gasteiger partial charge in [0.1, 0.15) is 0 Å². The molecular formula is C24H30N2. The number of allylic oxidation sites excluding steroid dienone is 5. The molecule has 0 bridgehead atoms. The lowest BCUT2D eigenvalue weighted by Gasteiger charge is -2.56. The van der Waals surface area contributed by atoms with Crippen molar-refractivity contribution in [3.05, 3.63) is 59.5 Å². The van der Waals surface area contributed by atoms with Gasteiger partial charge in [0.2, 0.25) is 0 Å². The van der Waals surface area contributed by atoms with Gasteiger partial charge in [0.15, 0.2) is 0 Å². The number of rotatable bonds is 1. The first-order valence-corrected chi connectivity index (χ1v) is 10.3. The number of hydrogen-bond donors (Lipinski definition) is 1. The largest absolute Gasteiger partial charge is 0.327 e. The van der Waals surface area contributed by atoms with Crippen molar-refractivity contribution in [3.8, 4) is 0 Å². The second kappa shape index (κ2) is 5.66. The normalized spacial score (nSPS) is 41.3. The van der Waals surface area contributed by atoms with Gasteiger partial charge in [-0.2, -0.15) is 0 Å². The van der Waals surface area contributed by atoms with Crippen molar-refractivity contribution in [3.63, 3.8) is 0 Å². The molecule has 0 saturated heterocycles. The van der Waals surface area contributed by atoms with Crippen LogP contribution in [0.2, 0.25) is 0 Å². The third kappa shape index (κ3) is 2.18. The summed E-state index contributed by atoms with van der Waals surface area (Å²) >= 11 is 0. The Morgan fingerprint density at radius 3 is 2.85 bits per heavy atom. The van der Waals surface area contributed by atoms with Crippen molar-refractivity contribution in [1.29, 1.82) is 0 Å². The molecule has 5 atom stereocenters. The van der Waals surface area contributed by atoms with Crippen molar-refractivity contribution in [1.82, 2.24) is 4.98 Å². The monoisotopic (exact) mass is 346 g/mol. The molecule has 2 fully saturated rings. The summed E-state index contributed by atoms with van der Waals surface area (Å²) in [5, 5.41) is 0. The van der Waals surface area contributed by atoms with E-state index in [9.17, 15) is 0 Å². The number of fused-ring (bicyclic) bond motifs is 5. The minimum absolute atomic E-state index is 0.191. The third-order valence-electron chi connectivity index (χ3n) is 8.16. The second-order valence-corrected chi connectivity index (χ2v) is 9.41. The van der Waals surface area contributed by atoms with Crippen LogP contribution in [0, 0.1) is 22.7 Å². The summed E-state index contributed by atoms with van der Waals surface area (Å²) in [4.78, 5) is 4.37. The Hall–Kier alpha value is -1.67. The van der Waals surface area contributed by atoms with E-state index in [2.05, 4.69) is 49.2 Å². The fraction of sp³-hybridized carbons (Fsp3) is 0.542. The quantitative estimate of drug-likeness (QED) is 0.702. The standard InChI is InChI=1S/C24H30N2/c1-23-11-9-18(25)14-17(23)5-6-19-21-8-7-20(16-4-3-13-26-15-16)24(21,2)12-10-22(19)23/h3-5,7-8,13,15,18-19,22H,6,9-12,14,25H2,1-2H3/t18-,19+,22+,23+,24-/m1/s1. The molecule has 5 rings (SSSR count). The van der Waals surface area contributed by atoms with Gasteiger partial charge in [0, 0.05) is 23.9 Å². The van der Waals surface area contributed by atoms with Crippen LogP contribution in [0.4, 0.5) is 0 Å². The summed E-state index contributed by atoms with van der Waals surface area (Å²) in [6, 6.07) is 4.66. The first kappa shape index (κ1) is 16.5. The van der Waals surface area contributed by atoms with Crippen molar-refractivity contribution >= 4 is 5.57 Å². The van der Waals surface area contributed by atoms with Crippen LogP contribution < -0.4 is 5.73 Å². The molecule has 0 unspecified atom stereocenters. The van der Waals surface area contributed by atoms with Crippen LogP contribution in [0.15, 0.2) is 53.9 Å². The minimum Gasteiger partial charge on any atom is -0.327 e. The van der Waals surface area contributed by atoms with Crippen LogP contribution in [-0.2, 0) is 0 Å². The van der Waals surface area contributed by atoms with Crippen LogP contribution in [0.3, 0.4) is 0 Å². The van der Waals surface area contributed by atoms with Gasteiger partial charge in [0.05, 0.1) is 0 Å². The fourth-order valence-electron chi connectivity index (χ4n) is 6.63. The average molecular weight is 347 g/mol. The zero-order chi connectivity index (χ0) is 17.9. The van der Waals surface area contributed by atoms with E-state index in [4.69, 9.17) is 5.73 Å². The Labute approximate surface area is 157 Å². The highest BCUT2D eigenvalue weighted by molar-refractivity contribution is 5.78. The first-order valence-electron chi connectivity index (χ1n) is 10.3. The fourth-order valence-corrected chi connectivity index (χ4v) is 6.63. The third-order valence-corrected chi connectivity index (χ3v) is 8.16. The van der Waals surface area contributed by atoms with Crippen LogP contribution in [0.25, 0.3) is 5.57 Å². The van der Waals surface area contributed by atoms with Gasteiger partial charge in [-0.3, -0.25) is 4.98 Å². The minimum atomic E-state index is 0.191.